The predicted octanol–water partition coefficient (Wildman–Crippen LogP) is 2.67. The number of nitrogens with zero attached hydrogens (tertiary/aromatic N) is 1. The number of methoxy groups -OCH3 is 1. The van der Waals surface area contributed by atoms with Gasteiger partial charge in [-0.3, -0.25) is 0 Å². The van der Waals surface area contributed by atoms with Gasteiger partial charge in [0.25, 0.3) is 0 Å². The van der Waals surface area contributed by atoms with Gasteiger partial charge in [-0.1, -0.05) is 12.8 Å². The predicted molar refractivity (Wildman–Crippen MR) is 85.5 cm³/mol. The molecule has 1 aromatic rings. The standard InChI is InChI=1S/C17H26N2O2/c1-20-15-6-7-17(21-13-14-4-2-3-5-14)16(12-15)19-10-8-18-9-11-19/h6-7,12,14,18H,2-5,8-11,13H2,1H3. The smallest absolute Gasteiger partial charge is 0.142 e. The second-order valence-electron chi connectivity index (χ2n) is 6.03. The zero-order chi connectivity index (χ0) is 14.5. The van der Waals surface area contributed by atoms with Gasteiger partial charge >= 0.3 is 0 Å². The highest BCUT2D eigenvalue weighted by molar-refractivity contribution is 5.62. The molecule has 21 heavy (non-hydrogen) atoms. The van der Waals surface area contributed by atoms with E-state index in [2.05, 4.69) is 22.3 Å². The van der Waals surface area contributed by atoms with Crippen LogP contribution in [0.15, 0.2) is 18.2 Å². The maximum atomic E-state index is 6.16. The van der Waals surface area contributed by atoms with Gasteiger partial charge < -0.3 is 19.7 Å². The third-order valence-corrected chi connectivity index (χ3v) is 4.57. The van der Waals surface area contributed by atoms with Crippen LogP contribution >= 0.6 is 0 Å². The van der Waals surface area contributed by atoms with Crippen LogP contribution in [0.3, 0.4) is 0 Å². The fourth-order valence-corrected chi connectivity index (χ4v) is 3.28. The number of benzene rings is 1. The van der Waals surface area contributed by atoms with Crippen molar-refractivity contribution in [3.63, 3.8) is 0 Å². The molecule has 2 aliphatic rings. The van der Waals surface area contributed by atoms with Crippen LogP contribution in [0.2, 0.25) is 0 Å². The van der Waals surface area contributed by atoms with Gasteiger partial charge in [0.1, 0.15) is 11.5 Å². The molecule has 4 nitrogen and oxygen atoms in total. The third kappa shape index (κ3) is 3.62. The number of rotatable bonds is 5. The molecule has 2 fully saturated rings. The molecule has 1 aromatic carbocycles. The molecular formula is C17H26N2O2. The molecule has 0 amide bonds. The zero-order valence-electron chi connectivity index (χ0n) is 12.9. The van der Waals surface area contributed by atoms with Crippen LogP contribution in [0.5, 0.6) is 11.5 Å². The van der Waals surface area contributed by atoms with Gasteiger partial charge in [-0.05, 0) is 30.9 Å². The summed E-state index contributed by atoms with van der Waals surface area (Å²) in [6.45, 7) is 4.95. The van der Waals surface area contributed by atoms with E-state index in [1.54, 1.807) is 7.11 Å². The number of piperazine rings is 1. The first kappa shape index (κ1) is 14.5. The number of ether oxygens (including phenoxy) is 2. The minimum absolute atomic E-state index is 0.739. The summed E-state index contributed by atoms with van der Waals surface area (Å²) in [5.41, 5.74) is 1.17. The molecule has 1 saturated carbocycles. The van der Waals surface area contributed by atoms with Gasteiger partial charge in [0.05, 0.1) is 19.4 Å². The van der Waals surface area contributed by atoms with Crippen molar-refractivity contribution in [2.24, 2.45) is 5.92 Å². The third-order valence-electron chi connectivity index (χ3n) is 4.57. The summed E-state index contributed by atoms with van der Waals surface area (Å²) in [5, 5.41) is 3.40. The number of nitrogens with one attached hydrogen (secondary N) is 1. The van der Waals surface area contributed by atoms with Crippen molar-refractivity contribution in [3.05, 3.63) is 18.2 Å². The van der Waals surface area contributed by atoms with E-state index >= 15 is 0 Å². The normalized spacial score (nSPS) is 19.8. The van der Waals surface area contributed by atoms with Crippen LogP contribution < -0.4 is 19.7 Å². The maximum absolute atomic E-state index is 6.16. The monoisotopic (exact) mass is 290 g/mol. The molecule has 0 radical (unpaired) electrons. The Labute approximate surface area is 127 Å². The molecular weight excluding hydrogens is 264 g/mol. The van der Waals surface area contributed by atoms with Crippen molar-refractivity contribution in [1.29, 1.82) is 0 Å². The van der Waals surface area contributed by atoms with E-state index in [4.69, 9.17) is 9.47 Å². The Bertz CT molecular complexity index is 452. The van der Waals surface area contributed by atoms with Crippen LogP contribution in [0.1, 0.15) is 25.7 Å². The van der Waals surface area contributed by atoms with E-state index in [9.17, 15) is 0 Å². The van der Waals surface area contributed by atoms with Gasteiger partial charge in [-0.25, -0.2) is 0 Å². The Morgan fingerprint density at radius 3 is 2.67 bits per heavy atom. The Hall–Kier alpha value is -1.42. The summed E-state index contributed by atoms with van der Waals surface area (Å²) in [6, 6.07) is 6.16. The van der Waals surface area contributed by atoms with E-state index in [1.807, 2.05) is 6.07 Å². The lowest BCUT2D eigenvalue weighted by atomic mass is 10.1. The summed E-state index contributed by atoms with van der Waals surface area (Å²) in [5.74, 6) is 2.64. The molecule has 3 rings (SSSR count). The highest BCUT2D eigenvalue weighted by Crippen LogP contribution is 2.34. The minimum atomic E-state index is 0.739. The molecule has 1 N–H and O–H groups in total. The average molecular weight is 290 g/mol. The quantitative estimate of drug-likeness (QED) is 0.904. The Balaban J connectivity index is 1.73. The second-order valence-corrected chi connectivity index (χ2v) is 6.03. The van der Waals surface area contributed by atoms with Crippen molar-refractivity contribution in [3.8, 4) is 11.5 Å². The Morgan fingerprint density at radius 1 is 1.19 bits per heavy atom. The molecule has 0 aromatic heterocycles. The van der Waals surface area contributed by atoms with E-state index in [0.29, 0.717) is 0 Å². The van der Waals surface area contributed by atoms with E-state index < -0.39 is 0 Å². The van der Waals surface area contributed by atoms with Gasteiger partial charge in [-0.2, -0.15) is 0 Å². The average Bonchev–Trinajstić information content (AvgIpc) is 3.07. The van der Waals surface area contributed by atoms with Gasteiger partial charge in [-0.15, -0.1) is 0 Å². The molecule has 0 unspecified atom stereocenters. The van der Waals surface area contributed by atoms with Crippen molar-refractivity contribution in [1.82, 2.24) is 5.32 Å². The first-order valence-corrected chi connectivity index (χ1v) is 8.13. The molecule has 4 heteroatoms. The first-order valence-electron chi connectivity index (χ1n) is 8.13. The SMILES string of the molecule is COc1ccc(OCC2CCCC2)c(N2CCNCC2)c1. The lowest BCUT2D eigenvalue weighted by molar-refractivity contribution is 0.252. The summed E-state index contributed by atoms with van der Waals surface area (Å²) < 4.78 is 11.5. The van der Waals surface area contributed by atoms with Gasteiger partial charge in [0, 0.05) is 32.2 Å². The summed E-state index contributed by atoms with van der Waals surface area (Å²) >= 11 is 0. The molecule has 1 aliphatic carbocycles. The molecule has 116 valence electrons. The molecule has 1 heterocycles. The Morgan fingerprint density at radius 2 is 1.95 bits per heavy atom. The van der Waals surface area contributed by atoms with Crippen LogP contribution in [0, 0.1) is 5.92 Å². The van der Waals surface area contributed by atoms with E-state index in [0.717, 1.165) is 50.2 Å². The molecule has 0 bridgehead atoms. The minimum Gasteiger partial charge on any atom is -0.497 e. The van der Waals surface area contributed by atoms with Crippen LogP contribution in [-0.2, 0) is 0 Å². The van der Waals surface area contributed by atoms with Crippen molar-refractivity contribution in [2.45, 2.75) is 25.7 Å². The molecule has 0 spiro atoms. The fraction of sp³-hybridized carbons (Fsp3) is 0.647. The van der Waals surface area contributed by atoms with Crippen molar-refractivity contribution in [2.75, 3.05) is 44.8 Å². The number of hydrogen-bond donors (Lipinski definition) is 1. The molecule has 1 saturated heterocycles. The Kier molecular flexibility index (Phi) is 4.86. The van der Waals surface area contributed by atoms with Gasteiger partial charge in [0.2, 0.25) is 0 Å². The lowest BCUT2D eigenvalue weighted by Gasteiger charge is -2.31. The topological polar surface area (TPSA) is 33.7 Å². The largest absolute Gasteiger partial charge is 0.497 e. The maximum Gasteiger partial charge on any atom is 0.142 e. The molecule has 0 atom stereocenters. The van der Waals surface area contributed by atoms with Gasteiger partial charge in [0.15, 0.2) is 0 Å². The van der Waals surface area contributed by atoms with E-state index in [1.165, 1.54) is 31.4 Å². The van der Waals surface area contributed by atoms with Crippen LogP contribution in [-0.4, -0.2) is 39.9 Å². The second kappa shape index (κ2) is 7.03. The molecule has 1 aliphatic heterocycles. The lowest BCUT2D eigenvalue weighted by Crippen LogP contribution is -2.43. The van der Waals surface area contributed by atoms with Crippen LogP contribution in [0.25, 0.3) is 0 Å². The fourth-order valence-electron chi connectivity index (χ4n) is 3.28. The highest BCUT2D eigenvalue weighted by atomic mass is 16.5. The summed E-state index contributed by atoms with van der Waals surface area (Å²) in [4.78, 5) is 2.39. The summed E-state index contributed by atoms with van der Waals surface area (Å²) in [7, 11) is 1.72. The van der Waals surface area contributed by atoms with E-state index in [-0.39, 0.29) is 0 Å². The summed E-state index contributed by atoms with van der Waals surface area (Å²) in [6.07, 6.45) is 5.36. The zero-order valence-corrected chi connectivity index (χ0v) is 12.9. The number of anilines is 1. The van der Waals surface area contributed by atoms with Crippen molar-refractivity contribution >= 4 is 5.69 Å². The highest BCUT2D eigenvalue weighted by Gasteiger charge is 2.19. The van der Waals surface area contributed by atoms with Crippen LogP contribution in [0.4, 0.5) is 5.69 Å². The first-order chi connectivity index (χ1) is 10.4. The van der Waals surface area contributed by atoms with Crippen molar-refractivity contribution < 1.29 is 9.47 Å². The number of hydrogen-bond acceptors (Lipinski definition) is 4.